The lowest BCUT2D eigenvalue weighted by molar-refractivity contribution is -0.0366. The van der Waals surface area contributed by atoms with Crippen molar-refractivity contribution in [2.24, 2.45) is 5.41 Å². The second-order valence-corrected chi connectivity index (χ2v) is 8.33. The summed E-state index contributed by atoms with van der Waals surface area (Å²) in [4.78, 5) is 2.65. The van der Waals surface area contributed by atoms with E-state index in [-0.39, 0.29) is 0 Å². The summed E-state index contributed by atoms with van der Waals surface area (Å²) in [5, 5.41) is 4.51. The summed E-state index contributed by atoms with van der Waals surface area (Å²) in [6.07, 6.45) is 10.8. The fourth-order valence-electron chi connectivity index (χ4n) is 5.47. The van der Waals surface area contributed by atoms with Crippen LogP contribution in [0.25, 0.3) is 5.69 Å². The molecule has 0 amide bonds. The van der Waals surface area contributed by atoms with Gasteiger partial charge in [-0.3, -0.25) is 4.90 Å². The van der Waals surface area contributed by atoms with Crippen molar-refractivity contribution >= 4 is 0 Å². The maximum Gasteiger partial charge on any atom is 0.0719 e. The van der Waals surface area contributed by atoms with E-state index in [1.165, 1.54) is 61.0 Å². The van der Waals surface area contributed by atoms with Crippen LogP contribution >= 0.6 is 0 Å². The zero-order valence-corrected chi connectivity index (χ0v) is 16.4. The van der Waals surface area contributed by atoms with Crippen LogP contribution < -0.4 is 0 Å². The molecule has 1 saturated carbocycles. The molecule has 1 saturated heterocycles. The summed E-state index contributed by atoms with van der Waals surface area (Å²) in [7, 11) is 1.90. The number of piperidine rings is 1. The second kappa shape index (κ2) is 7.16. The lowest BCUT2D eigenvalue weighted by Crippen LogP contribution is -2.47. The SMILES string of the molecule is CO[C@@H]1CCC[C@]12CCCN(Cc1cc(C)cc(C)c1-n1cccn1)C2. The maximum atomic E-state index is 5.88. The van der Waals surface area contributed by atoms with Crippen molar-refractivity contribution < 1.29 is 4.74 Å². The van der Waals surface area contributed by atoms with Crippen molar-refractivity contribution in [3.05, 3.63) is 47.3 Å². The highest BCUT2D eigenvalue weighted by Gasteiger charge is 2.45. The summed E-state index contributed by atoms with van der Waals surface area (Å²) in [5.74, 6) is 0. The molecular formula is C22H31N3O. The molecule has 0 unspecified atom stereocenters. The quantitative estimate of drug-likeness (QED) is 0.822. The highest BCUT2D eigenvalue weighted by atomic mass is 16.5. The van der Waals surface area contributed by atoms with Gasteiger partial charge in [-0.15, -0.1) is 0 Å². The molecule has 4 heteroatoms. The van der Waals surface area contributed by atoms with Gasteiger partial charge >= 0.3 is 0 Å². The van der Waals surface area contributed by atoms with Gasteiger partial charge in [0.15, 0.2) is 0 Å². The van der Waals surface area contributed by atoms with Gasteiger partial charge in [0, 0.05) is 38.0 Å². The molecule has 1 aromatic carbocycles. The largest absolute Gasteiger partial charge is 0.381 e. The fourth-order valence-corrected chi connectivity index (χ4v) is 5.47. The normalized spacial score (nSPS) is 26.7. The Balaban J connectivity index is 1.61. The Kier molecular flexibility index (Phi) is 4.89. The zero-order valence-electron chi connectivity index (χ0n) is 16.4. The van der Waals surface area contributed by atoms with E-state index in [2.05, 4.69) is 42.2 Å². The summed E-state index contributed by atoms with van der Waals surface area (Å²) in [6, 6.07) is 6.60. The summed E-state index contributed by atoms with van der Waals surface area (Å²) < 4.78 is 7.91. The predicted octanol–water partition coefficient (Wildman–Crippen LogP) is 4.27. The minimum atomic E-state index is 0.373. The van der Waals surface area contributed by atoms with E-state index < -0.39 is 0 Å². The monoisotopic (exact) mass is 353 g/mol. The number of aryl methyl sites for hydroxylation is 2. The van der Waals surface area contributed by atoms with E-state index in [4.69, 9.17) is 4.74 Å². The van der Waals surface area contributed by atoms with Gasteiger partial charge in [0.25, 0.3) is 0 Å². The van der Waals surface area contributed by atoms with Crippen molar-refractivity contribution in [2.75, 3.05) is 20.2 Å². The van der Waals surface area contributed by atoms with Crippen molar-refractivity contribution in [1.82, 2.24) is 14.7 Å². The first-order valence-electron chi connectivity index (χ1n) is 9.97. The molecule has 2 aromatic rings. The predicted molar refractivity (Wildman–Crippen MR) is 105 cm³/mol. The first kappa shape index (κ1) is 17.7. The molecule has 4 rings (SSSR count). The van der Waals surface area contributed by atoms with Crippen LogP contribution in [0.5, 0.6) is 0 Å². The van der Waals surface area contributed by atoms with Crippen LogP contribution in [0, 0.1) is 19.3 Å². The van der Waals surface area contributed by atoms with Crippen LogP contribution in [0.4, 0.5) is 0 Å². The smallest absolute Gasteiger partial charge is 0.0719 e. The Bertz CT molecular complexity index is 755. The number of benzene rings is 1. The van der Waals surface area contributed by atoms with E-state index >= 15 is 0 Å². The van der Waals surface area contributed by atoms with Crippen molar-refractivity contribution in [1.29, 1.82) is 0 Å². The molecule has 0 bridgehead atoms. The first-order chi connectivity index (χ1) is 12.6. The van der Waals surface area contributed by atoms with E-state index in [0.29, 0.717) is 11.5 Å². The number of aromatic nitrogens is 2. The van der Waals surface area contributed by atoms with Crippen LogP contribution in [0.3, 0.4) is 0 Å². The Hall–Kier alpha value is -1.65. The number of rotatable bonds is 4. The molecule has 0 N–H and O–H groups in total. The molecular weight excluding hydrogens is 322 g/mol. The molecule has 140 valence electrons. The van der Waals surface area contributed by atoms with E-state index in [9.17, 15) is 0 Å². The Morgan fingerprint density at radius 1 is 1.23 bits per heavy atom. The van der Waals surface area contributed by atoms with Gasteiger partial charge in [-0.05, 0) is 63.3 Å². The average Bonchev–Trinajstić information content (AvgIpc) is 3.24. The third kappa shape index (κ3) is 3.21. The van der Waals surface area contributed by atoms with Gasteiger partial charge in [0.05, 0.1) is 11.8 Å². The Labute approximate surface area is 157 Å². The average molecular weight is 354 g/mol. The van der Waals surface area contributed by atoms with Gasteiger partial charge in [-0.25, -0.2) is 4.68 Å². The molecule has 1 aliphatic heterocycles. The number of methoxy groups -OCH3 is 1. The van der Waals surface area contributed by atoms with Crippen LogP contribution in [0.1, 0.15) is 48.8 Å². The van der Waals surface area contributed by atoms with Crippen molar-refractivity contribution in [3.8, 4) is 5.69 Å². The summed E-state index contributed by atoms with van der Waals surface area (Å²) in [5.41, 5.74) is 5.63. The van der Waals surface area contributed by atoms with Crippen LogP contribution in [-0.2, 0) is 11.3 Å². The summed E-state index contributed by atoms with van der Waals surface area (Å²) in [6.45, 7) is 7.73. The highest BCUT2D eigenvalue weighted by Crippen LogP contribution is 2.46. The van der Waals surface area contributed by atoms with Crippen molar-refractivity contribution in [2.45, 2.75) is 58.6 Å². The van der Waals surface area contributed by atoms with Gasteiger partial charge < -0.3 is 4.74 Å². The molecule has 2 aliphatic rings. The third-order valence-electron chi connectivity index (χ3n) is 6.45. The van der Waals surface area contributed by atoms with Crippen LogP contribution in [-0.4, -0.2) is 41.0 Å². The molecule has 26 heavy (non-hydrogen) atoms. The molecule has 0 radical (unpaired) electrons. The molecule has 1 spiro atoms. The minimum absolute atomic E-state index is 0.373. The molecule has 2 atom stereocenters. The zero-order chi connectivity index (χ0) is 18.1. The lowest BCUT2D eigenvalue weighted by Gasteiger charge is -2.44. The van der Waals surface area contributed by atoms with Gasteiger partial charge in [-0.2, -0.15) is 5.10 Å². The van der Waals surface area contributed by atoms with Gasteiger partial charge in [0.2, 0.25) is 0 Å². The molecule has 2 heterocycles. The van der Waals surface area contributed by atoms with E-state index in [1.807, 2.05) is 24.1 Å². The number of likely N-dealkylation sites (tertiary alicyclic amines) is 1. The molecule has 1 aliphatic carbocycles. The topological polar surface area (TPSA) is 30.3 Å². The van der Waals surface area contributed by atoms with Crippen LogP contribution in [0.2, 0.25) is 0 Å². The third-order valence-corrected chi connectivity index (χ3v) is 6.45. The number of ether oxygens (including phenoxy) is 1. The van der Waals surface area contributed by atoms with Gasteiger partial charge in [-0.1, -0.05) is 24.1 Å². The van der Waals surface area contributed by atoms with Crippen LogP contribution in [0.15, 0.2) is 30.6 Å². The van der Waals surface area contributed by atoms with E-state index in [0.717, 1.165) is 13.1 Å². The fraction of sp³-hybridized carbons (Fsp3) is 0.591. The van der Waals surface area contributed by atoms with Crippen molar-refractivity contribution in [3.63, 3.8) is 0 Å². The molecule has 2 fully saturated rings. The number of nitrogens with zero attached hydrogens (tertiary/aromatic N) is 3. The molecule has 1 aromatic heterocycles. The highest BCUT2D eigenvalue weighted by molar-refractivity contribution is 5.49. The number of hydrogen-bond acceptors (Lipinski definition) is 3. The van der Waals surface area contributed by atoms with E-state index in [1.54, 1.807) is 0 Å². The first-order valence-corrected chi connectivity index (χ1v) is 9.97. The molecule has 4 nitrogen and oxygen atoms in total. The van der Waals surface area contributed by atoms with Gasteiger partial charge in [0.1, 0.15) is 0 Å². The standard InChI is InChI=1S/C22H31N3O/c1-17-13-18(2)21(25-12-6-10-23-25)19(14-17)15-24-11-5-9-22(16-24)8-4-7-20(22)26-3/h6,10,12-14,20H,4-5,7-9,11,15-16H2,1-3H3/t20-,22-/m1/s1. The lowest BCUT2D eigenvalue weighted by atomic mass is 9.76. The minimum Gasteiger partial charge on any atom is -0.381 e. The Morgan fingerprint density at radius 3 is 2.85 bits per heavy atom. The maximum absolute atomic E-state index is 5.88. The summed E-state index contributed by atoms with van der Waals surface area (Å²) >= 11 is 0. The Morgan fingerprint density at radius 2 is 2.08 bits per heavy atom. The second-order valence-electron chi connectivity index (χ2n) is 8.33. The number of hydrogen-bond donors (Lipinski definition) is 0.